The van der Waals surface area contributed by atoms with E-state index in [-0.39, 0.29) is 28.7 Å². The van der Waals surface area contributed by atoms with Gasteiger partial charge in [-0.3, -0.25) is 10.1 Å². The van der Waals surface area contributed by atoms with Crippen LogP contribution in [0.3, 0.4) is 0 Å². The van der Waals surface area contributed by atoms with Gasteiger partial charge in [-0.1, -0.05) is 30.3 Å². The third-order valence-electron chi connectivity index (χ3n) is 5.22. The molecule has 1 aromatic heterocycles. The Balaban J connectivity index is 1.54. The first kappa shape index (κ1) is 15.8. The van der Waals surface area contributed by atoms with E-state index in [1.165, 1.54) is 22.5 Å². The minimum absolute atomic E-state index is 0.154. The maximum atomic E-state index is 12.6. The van der Waals surface area contributed by atoms with Gasteiger partial charge in [-0.15, -0.1) is 0 Å². The standard InChI is InChI=1S/C18H20N4O3/c1-21-12-19-15(7-16(21)23)20-17(24)22-8-14-9-25-11-18(14,10-22)13-5-3-2-4-6-13/h2-7,12,14H,8-11H2,1H3,(H,20,24)/t14-,18+/m1/s1. The van der Waals surface area contributed by atoms with Gasteiger partial charge < -0.3 is 14.2 Å². The summed E-state index contributed by atoms with van der Waals surface area (Å²) in [6, 6.07) is 11.3. The third kappa shape index (κ3) is 2.70. The number of benzene rings is 1. The van der Waals surface area contributed by atoms with E-state index in [1.807, 2.05) is 18.2 Å². The van der Waals surface area contributed by atoms with Crippen LogP contribution in [0.2, 0.25) is 0 Å². The molecule has 2 aliphatic heterocycles. The highest BCUT2D eigenvalue weighted by molar-refractivity contribution is 5.88. The Bertz CT molecular complexity index is 851. The summed E-state index contributed by atoms with van der Waals surface area (Å²) in [4.78, 5) is 30.2. The molecular weight excluding hydrogens is 320 g/mol. The van der Waals surface area contributed by atoms with Crippen molar-refractivity contribution in [1.82, 2.24) is 14.5 Å². The molecule has 2 fully saturated rings. The third-order valence-corrected chi connectivity index (χ3v) is 5.22. The maximum absolute atomic E-state index is 12.6. The van der Waals surface area contributed by atoms with Crippen molar-refractivity contribution in [3.05, 3.63) is 58.6 Å². The lowest BCUT2D eigenvalue weighted by atomic mass is 9.75. The van der Waals surface area contributed by atoms with E-state index in [4.69, 9.17) is 4.74 Å². The fourth-order valence-electron chi connectivity index (χ4n) is 3.79. The summed E-state index contributed by atoms with van der Waals surface area (Å²) in [7, 11) is 1.62. The fraction of sp³-hybridized carbons (Fsp3) is 0.389. The average molecular weight is 340 g/mol. The van der Waals surface area contributed by atoms with Crippen LogP contribution in [0.25, 0.3) is 0 Å². The van der Waals surface area contributed by atoms with E-state index >= 15 is 0 Å². The number of aromatic nitrogens is 2. The van der Waals surface area contributed by atoms with E-state index in [0.717, 1.165) is 0 Å². The van der Waals surface area contributed by atoms with Gasteiger partial charge in [-0.2, -0.15) is 0 Å². The van der Waals surface area contributed by atoms with Crippen molar-refractivity contribution in [2.24, 2.45) is 13.0 Å². The number of anilines is 1. The zero-order valence-electron chi connectivity index (χ0n) is 14.0. The summed E-state index contributed by atoms with van der Waals surface area (Å²) in [5.74, 6) is 0.549. The highest BCUT2D eigenvalue weighted by atomic mass is 16.5. The van der Waals surface area contributed by atoms with Crippen LogP contribution >= 0.6 is 0 Å². The Kier molecular flexibility index (Phi) is 3.80. The summed E-state index contributed by atoms with van der Waals surface area (Å²) < 4.78 is 7.09. The molecule has 2 aromatic rings. The smallest absolute Gasteiger partial charge is 0.323 e. The van der Waals surface area contributed by atoms with Crippen LogP contribution in [-0.4, -0.2) is 46.8 Å². The number of nitrogens with one attached hydrogen (secondary N) is 1. The largest absolute Gasteiger partial charge is 0.380 e. The Morgan fingerprint density at radius 3 is 2.92 bits per heavy atom. The van der Waals surface area contributed by atoms with Crippen molar-refractivity contribution in [3.8, 4) is 0 Å². The number of ether oxygens (including phenoxy) is 1. The first-order chi connectivity index (χ1) is 12.1. The highest BCUT2D eigenvalue weighted by Crippen LogP contribution is 2.43. The zero-order chi connectivity index (χ0) is 17.4. The van der Waals surface area contributed by atoms with Crippen LogP contribution < -0.4 is 10.9 Å². The molecule has 25 heavy (non-hydrogen) atoms. The van der Waals surface area contributed by atoms with Gasteiger partial charge >= 0.3 is 6.03 Å². The monoisotopic (exact) mass is 340 g/mol. The highest BCUT2D eigenvalue weighted by Gasteiger charge is 2.52. The Hall–Kier alpha value is -2.67. The molecule has 0 saturated carbocycles. The molecule has 2 atom stereocenters. The van der Waals surface area contributed by atoms with Gasteiger partial charge in [0, 0.05) is 37.5 Å². The average Bonchev–Trinajstić information content (AvgIpc) is 3.17. The number of hydrogen-bond acceptors (Lipinski definition) is 4. The van der Waals surface area contributed by atoms with Gasteiger partial charge in [0.2, 0.25) is 0 Å². The molecule has 7 nitrogen and oxygen atoms in total. The van der Waals surface area contributed by atoms with Crippen LogP contribution in [0.5, 0.6) is 0 Å². The van der Waals surface area contributed by atoms with E-state index in [0.29, 0.717) is 26.3 Å². The number of nitrogens with zero attached hydrogens (tertiary/aromatic N) is 3. The second kappa shape index (κ2) is 6.00. The summed E-state index contributed by atoms with van der Waals surface area (Å²) in [5.41, 5.74) is 0.844. The van der Waals surface area contributed by atoms with Crippen LogP contribution in [0.15, 0.2) is 47.5 Å². The van der Waals surface area contributed by atoms with Crippen LogP contribution in [0, 0.1) is 5.92 Å². The number of amides is 2. The number of carbonyl (C=O) groups is 1. The number of urea groups is 1. The van der Waals surface area contributed by atoms with E-state index in [2.05, 4.69) is 22.4 Å². The summed E-state index contributed by atoms with van der Waals surface area (Å²) >= 11 is 0. The first-order valence-electron chi connectivity index (χ1n) is 8.30. The van der Waals surface area contributed by atoms with Gasteiger partial charge in [0.15, 0.2) is 0 Å². The van der Waals surface area contributed by atoms with E-state index in [9.17, 15) is 9.59 Å². The topological polar surface area (TPSA) is 76.5 Å². The lowest BCUT2D eigenvalue weighted by Crippen LogP contribution is -2.39. The van der Waals surface area contributed by atoms with Crippen molar-refractivity contribution < 1.29 is 9.53 Å². The van der Waals surface area contributed by atoms with E-state index < -0.39 is 0 Å². The quantitative estimate of drug-likeness (QED) is 0.892. The lowest BCUT2D eigenvalue weighted by molar-refractivity contribution is 0.152. The molecule has 0 aliphatic carbocycles. The summed E-state index contributed by atoms with van der Waals surface area (Å²) in [6.07, 6.45) is 1.40. The molecule has 2 amide bonds. The maximum Gasteiger partial charge on any atom is 0.323 e. The number of likely N-dealkylation sites (tertiary alicyclic amines) is 1. The normalized spacial score (nSPS) is 25.0. The van der Waals surface area contributed by atoms with Crippen LogP contribution in [-0.2, 0) is 17.2 Å². The molecule has 0 unspecified atom stereocenters. The van der Waals surface area contributed by atoms with Gasteiger partial charge in [-0.05, 0) is 5.56 Å². The summed E-state index contributed by atoms with van der Waals surface area (Å²) in [5, 5.41) is 2.73. The molecule has 130 valence electrons. The second-order valence-corrected chi connectivity index (χ2v) is 6.77. The van der Waals surface area contributed by atoms with Gasteiger partial charge in [-0.25, -0.2) is 9.78 Å². The second-order valence-electron chi connectivity index (χ2n) is 6.77. The fourth-order valence-corrected chi connectivity index (χ4v) is 3.79. The number of aryl methyl sites for hydroxylation is 1. The van der Waals surface area contributed by atoms with Crippen molar-refractivity contribution in [1.29, 1.82) is 0 Å². The number of fused-ring (bicyclic) bond motifs is 1. The predicted molar refractivity (Wildman–Crippen MR) is 92.5 cm³/mol. The minimum atomic E-state index is -0.231. The van der Waals surface area contributed by atoms with Crippen molar-refractivity contribution in [2.75, 3.05) is 31.6 Å². The molecule has 3 heterocycles. The van der Waals surface area contributed by atoms with E-state index in [1.54, 1.807) is 11.9 Å². The molecule has 0 bridgehead atoms. The number of carbonyl (C=O) groups excluding carboxylic acids is 1. The van der Waals surface area contributed by atoms with Crippen LogP contribution in [0.1, 0.15) is 5.56 Å². The number of hydrogen-bond donors (Lipinski definition) is 1. The number of rotatable bonds is 2. The van der Waals surface area contributed by atoms with Gasteiger partial charge in [0.25, 0.3) is 5.56 Å². The van der Waals surface area contributed by atoms with Gasteiger partial charge in [0.05, 0.1) is 19.5 Å². The summed E-state index contributed by atoms with van der Waals surface area (Å²) in [6.45, 7) is 2.50. The van der Waals surface area contributed by atoms with Crippen molar-refractivity contribution in [3.63, 3.8) is 0 Å². The molecular formula is C18H20N4O3. The molecule has 0 radical (unpaired) electrons. The molecule has 1 N–H and O–H groups in total. The molecule has 7 heteroatoms. The zero-order valence-corrected chi connectivity index (χ0v) is 14.0. The van der Waals surface area contributed by atoms with Crippen molar-refractivity contribution in [2.45, 2.75) is 5.41 Å². The molecule has 1 aromatic carbocycles. The van der Waals surface area contributed by atoms with Gasteiger partial charge in [0.1, 0.15) is 5.82 Å². The predicted octanol–water partition coefficient (Wildman–Crippen LogP) is 1.21. The van der Waals surface area contributed by atoms with Crippen LogP contribution in [0.4, 0.5) is 10.6 Å². The minimum Gasteiger partial charge on any atom is -0.380 e. The lowest BCUT2D eigenvalue weighted by Gasteiger charge is -2.27. The molecule has 2 aliphatic rings. The molecule has 2 saturated heterocycles. The Labute approximate surface area is 145 Å². The van der Waals surface area contributed by atoms with Crippen molar-refractivity contribution >= 4 is 11.8 Å². The Morgan fingerprint density at radius 1 is 1.36 bits per heavy atom. The SMILES string of the molecule is Cn1cnc(NC(=O)N2C[C@@H]3COC[C@]3(c3ccccc3)C2)cc1=O. The molecule has 4 rings (SSSR count). The first-order valence-corrected chi connectivity index (χ1v) is 8.30. The Morgan fingerprint density at radius 2 is 2.16 bits per heavy atom. The molecule has 0 spiro atoms.